The van der Waals surface area contributed by atoms with Crippen LogP contribution in [0.3, 0.4) is 0 Å². The average Bonchev–Trinajstić information content (AvgIpc) is 3.10. The lowest BCUT2D eigenvalue weighted by Gasteiger charge is -2.20. The molecule has 4 rings (SSSR count). The van der Waals surface area contributed by atoms with Gasteiger partial charge in [-0.05, 0) is 43.9 Å². The maximum atomic E-state index is 12.4. The van der Waals surface area contributed by atoms with Gasteiger partial charge in [-0.2, -0.15) is 0 Å². The van der Waals surface area contributed by atoms with Crippen molar-refractivity contribution in [2.45, 2.75) is 64.2 Å². The summed E-state index contributed by atoms with van der Waals surface area (Å²) < 4.78 is 1.02. The van der Waals surface area contributed by atoms with E-state index in [4.69, 9.17) is 0 Å². The number of hydrogen-bond donors (Lipinski definition) is 2. The fourth-order valence-corrected chi connectivity index (χ4v) is 5.09. The van der Waals surface area contributed by atoms with Crippen molar-refractivity contribution < 1.29 is 9.59 Å². The van der Waals surface area contributed by atoms with E-state index in [1.807, 2.05) is 18.2 Å². The van der Waals surface area contributed by atoms with E-state index >= 15 is 0 Å². The normalized spacial score (nSPS) is 19.1. The maximum absolute atomic E-state index is 12.4. The van der Waals surface area contributed by atoms with Crippen molar-refractivity contribution >= 4 is 44.2 Å². The van der Waals surface area contributed by atoms with Gasteiger partial charge in [0.15, 0.2) is 5.13 Å². The van der Waals surface area contributed by atoms with E-state index in [1.54, 1.807) is 0 Å². The molecule has 2 aromatic rings. The molecule has 1 heterocycles. The molecule has 144 valence electrons. The summed E-state index contributed by atoms with van der Waals surface area (Å²) in [5.74, 6) is 0.473. The summed E-state index contributed by atoms with van der Waals surface area (Å²) in [6.07, 6.45) is 11.0. The largest absolute Gasteiger partial charge is 0.326 e. The van der Waals surface area contributed by atoms with E-state index in [0.717, 1.165) is 67.3 Å². The smallest absolute Gasteiger partial charge is 0.229 e. The van der Waals surface area contributed by atoms with Gasteiger partial charge in [0.05, 0.1) is 10.2 Å². The zero-order chi connectivity index (χ0) is 18.6. The van der Waals surface area contributed by atoms with Gasteiger partial charge in [0.25, 0.3) is 0 Å². The Kier molecular flexibility index (Phi) is 5.72. The van der Waals surface area contributed by atoms with E-state index in [1.165, 1.54) is 24.2 Å². The summed E-state index contributed by atoms with van der Waals surface area (Å²) in [5, 5.41) is 6.69. The molecule has 0 aliphatic heterocycles. The Labute approximate surface area is 163 Å². The van der Waals surface area contributed by atoms with Gasteiger partial charge < -0.3 is 10.6 Å². The SMILES string of the molecule is O=C(Nc1ccc2sc(NC(=O)C3CCCCC3)nc2c1)C1CCCCC1. The van der Waals surface area contributed by atoms with Crippen molar-refractivity contribution in [1.29, 1.82) is 0 Å². The Balaban J connectivity index is 1.42. The van der Waals surface area contributed by atoms with Crippen LogP contribution in [0, 0.1) is 11.8 Å². The molecular weight excluding hydrogens is 358 g/mol. The van der Waals surface area contributed by atoms with E-state index in [-0.39, 0.29) is 23.7 Å². The van der Waals surface area contributed by atoms with Gasteiger partial charge in [-0.3, -0.25) is 9.59 Å². The van der Waals surface area contributed by atoms with Crippen molar-refractivity contribution in [2.24, 2.45) is 11.8 Å². The van der Waals surface area contributed by atoms with Gasteiger partial charge >= 0.3 is 0 Å². The Morgan fingerprint density at radius 3 is 2.07 bits per heavy atom. The number of nitrogens with zero attached hydrogens (tertiary/aromatic N) is 1. The molecule has 0 unspecified atom stereocenters. The molecule has 2 aliphatic carbocycles. The molecule has 2 aliphatic rings. The number of fused-ring (bicyclic) bond motifs is 1. The van der Waals surface area contributed by atoms with Crippen LogP contribution in [0.2, 0.25) is 0 Å². The second kappa shape index (κ2) is 8.38. The molecular formula is C21H27N3O2S. The standard InChI is InChI=1S/C21H27N3O2S/c25-19(14-7-3-1-4-8-14)22-16-11-12-18-17(13-16)23-21(27-18)24-20(26)15-9-5-2-6-10-15/h11-15H,1-10H2,(H,22,25)(H,23,24,26). The first-order valence-corrected chi connectivity index (χ1v) is 11.0. The lowest BCUT2D eigenvalue weighted by Crippen LogP contribution is -2.24. The van der Waals surface area contributed by atoms with Crippen molar-refractivity contribution in [3.05, 3.63) is 18.2 Å². The minimum Gasteiger partial charge on any atom is -0.326 e. The van der Waals surface area contributed by atoms with Crippen LogP contribution in [-0.2, 0) is 9.59 Å². The summed E-state index contributed by atoms with van der Waals surface area (Å²) >= 11 is 1.49. The molecule has 1 aromatic heterocycles. The van der Waals surface area contributed by atoms with E-state index in [2.05, 4.69) is 15.6 Å². The van der Waals surface area contributed by atoms with Gasteiger partial charge in [-0.1, -0.05) is 49.9 Å². The molecule has 6 heteroatoms. The summed E-state index contributed by atoms with van der Waals surface area (Å²) in [4.78, 5) is 29.4. The number of carbonyl (C=O) groups is 2. The molecule has 0 spiro atoms. The first-order chi connectivity index (χ1) is 13.2. The maximum Gasteiger partial charge on any atom is 0.229 e. The summed E-state index contributed by atoms with van der Waals surface area (Å²) in [6, 6.07) is 5.80. The van der Waals surface area contributed by atoms with Crippen LogP contribution < -0.4 is 10.6 Å². The Hall–Kier alpha value is -1.95. The highest BCUT2D eigenvalue weighted by atomic mass is 32.1. The van der Waals surface area contributed by atoms with Crippen LogP contribution in [0.1, 0.15) is 64.2 Å². The number of carbonyl (C=O) groups excluding carboxylic acids is 2. The van der Waals surface area contributed by atoms with Crippen molar-refractivity contribution in [3.8, 4) is 0 Å². The number of thiazole rings is 1. The number of anilines is 2. The molecule has 5 nitrogen and oxygen atoms in total. The second-order valence-corrected chi connectivity index (χ2v) is 8.88. The third kappa shape index (κ3) is 4.49. The van der Waals surface area contributed by atoms with Crippen LogP contribution in [0.25, 0.3) is 10.2 Å². The lowest BCUT2D eigenvalue weighted by atomic mass is 9.88. The molecule has 2 saturated carbocycles. The molecule has 0 atom stereocenters. The van der Waals surface area contributed by atoms with E-state index < -0.39 is 0 Å². The topological polar surface area (TPSA) is 71.1 Å². The Morgan fingerprint density at radius 1 is 0.852 bits per heavy atom. The van der Waals surface area contributed by atoms with Crippen LogP contribution in [0.15, 0.2) is 18.2 Å². The van der Waals surface area contributed by atoms with Crippen molar-refractivity contribution in [1.82, 2.24) is 4.98 Å². The number of aromatic nitrogens is 1. The lowest BCUT2D eigenvalue weighted by molar-refractivity contribution is -0.121. The molecule has 2 N–H and O–H groups in total. The highest BCUT2D eigenvalue weighted by molar-refractivity contribution is 7.22. The summed E-state index contributed by atoms with van der Waals surface area (Å²) in [6.45, 7) is 0. The fraction of sp³-hybridized carbons (Fsp3) is 0.571. The number of nitrogens with one attached hydrogen (secondary N) is 2. The number of rotatable bonds is 4. The summed E-state index contributed by atoms with van der Waals surface area (Å²) in [7, 11) is 0. The number of amides is 2. The predicted molar refractivity (Wildman–Crippen MR) is 110 cm³/mol. The predicted octanol–water partition coefficient (Wildman–Crippen LogP) is 5.33. The molecule has 0 bridgehead atoms. The van der Waals surface area contributed by atoms with E-state index in [9.17, 15) is 9.59 Å². The van der Waals surface area contributed by atoms with Gasteiger partial charge in [0.2, 0.25) is 11.8 Å². The van der Waals surface area contributed by atoms with Crippen LogP contribution >= 0.6 is 11.3 Å². The first kappa shape index (κ1) is 18.4. The van der Waals surface area contributed by atoms with Gasteiger partial charge in [0, 0.05) is 17.5 Å². The van der Waals surface area contributed by atoms with Crippen molar-refractivity contribution in [3.63, 3.8) is 0 Å². The Bertz CT molecular complexity index is 790. The highest BCUT2D eigenvalue weighted by Gasteiger charge is 2.23. The third-order valence-electron chi connectivity index (χ3n) is 5.84. The van der Waals surface area contributed by atoms with Gasteiger partial charge in [0.1, 0.15) is 0 Å². The van der Waals surface area contributed by atoms with Crippen LogP contribution in [0.5, 0.6) is 0 Å². The third-order valence-corrected chi connectivity index (χ3v) is 6.79. The van der Waals surface area contributed by atoms with Crippen LogP contribution in [0.4, 0.5) is 10.8 Å². The minimum absolute atomic E-state index is 0.0968. The quantitative estimate of drug-likeness (QED) is 0.747. The van der Waals surface area contributed by atoms with Crippen LogP contribution in [-0.4, -0.2) is 16.8 Å². The van der Waals surface area contributed by atoms with Gasteiger partial charge in [-0.25, -0.2) is 4.98 Å². The number of benzene rings is 1. The molecule has 0 saturated heterocycles. The first-order valence-electron chi connectivity index (χ1n) is 10.2. The van der Waals surface area contributed by atoms with E-state index in [0.29, 0.717) is 5.13 Å². The number of hydrogen-bond acceptors (Lipinski definition) is 4. The highest BCUT2D eigenvalue weighted by Crippen LogP contribution is 2.31. The average molecular weight is 386 g/mol. The Morgan fingerprint density at radius 2 is 1.44 bits per heavy atom. The molecule has 2 fully saturated rings. The second-order valence-electron chi connectivity index (χ2n) is 7.85. The molecule has 2 amide bonds. The zero-order valence-electron chi connectivity index (χ0n) is 15.6. The summed E-state index contributed by atoms with van der Waals surface area (Å²) in [5.41, 5.74) is 1.61. The molecule has 1 aromatic carbocycles. The van der Waals surface area contributed by atoms with Gasteiger partial charge in [-0.15, -0.1) is 0 Å². The zero-order valence-corrected chi connectivity index (χ0v) is 16.4. The monoisotopic (exact) mass is 385 g/mol. The molecule has 0 radical (unpaired) electrons. The fourth-order valence-electron chi connectivity index (χ4n) is 4.24. The minimum atomic E-state index is 0.0968. The van der Waals surface area contributed by atoms with Crippen molar-refractivity contribution in [2.75, 3.05) is 10.6 Å². The molecule has 27 heavy (non-hydrogen) atoms.